The van der Waals surface area contributed by atoms with Crippen molar-refractivity contribution in [3.05, 3.63) is 64.3 Å². The molecule has 0 unspecified atom stereocenters. The van der Waals surface area contributed by atoms with Crippen LogP contribution in [0.4, 0.5) is 5.69 Å². The highest BCUT2D eigenvalue weighted by Crippen LogP contribution is 2.36. The highest BCUT2D eigenvalue weighted by Gasteiger charge is 2.19. The summed E-state index contributed by atoms with van der Waals surface area (Å²) in [4.78, 5) is 18.6. The molecule has 1 amide bonds. The number of nitrogens with zero attached hydrogens (tertiary/aromatic N) is 1. The maximum atomic E-state index is 12.5. The Balaban J connectivity index is 1.61. The third kappa shape index (κ3) is 3.97. The number of aromatic nitrogens is 1. The van der Waals surface area contributed by atoms with Crippen LogP contribution in [0, 0.1) is 6.92 Å². The molecule has 1 aliphatic carbocycles. The maximum Gasteiger partial charge on any atom is 0.234 e. The van der Waals surface area contributed by atoms with Crippen LogP contribution >= 0.6 is 23.4 Å². The Kier molecular flexibility index (Phi) is 5.37. The SMILES string of the molecule is Cc1ccccc1NC(=O)CSc1c2c(nc3cc(Cl)ccc13)CCCC2. The average Bonchev–Trinajstić information content (AvgIpc) is 2.67. The van der Waals surface area contributed by atoms with Gasteiger partial charge in [0.2, 0.25) is 5.91 Å². The fourth-order valence-electron chi connectivity index (χ4n) is 3.56. The topological polar surface area (TPSA) is 42.0 Å². The van der Waals surface area contributed by atoms with Crippen LogP contribution in [0.1, 0.15) is 29.7 Å². The first kappa shape index (κ1) is 18.3. The lowest BCUT2D eigenvalue weighted by atomic mass is 9.94. The van der Waals surface area contributed by atoms with E-state index in [1.807, 2.05) is 49.4 Å². The number of amides is 1. The largest absolute Gasteiger partial charge is 0.325 e. The van der Waals surface area contributed by atoms with Crippen LogP contribution in [0.5, 0.6) is 0 Å². The molecule has 1 aliphatic rings. The highest BCUT2D eigenvalue weighted by atomic mass is 35.5. The summed E-state index contributed by atoms with van der Waals surface area (Å²) < 4.78 is 0. The molecule has 4 rings (SSSR count). The molecular weight excluding hydrogens is 376 g/mol. The number of hydrogen-bond acceptors (Lipinski definition) is 3. The fourth-order valence-corrected chi connectivity index (χ4v) is 4.79. The Labute approximate surface area is 168 Å². The van der Waals surface area contributed by atoms with Gasteiger partial charge < -0.3 is 5.32 Å². The number of nitrogens with one attached hydrogen (secondary N) is 1. The van der Waals surface area contributed by atoms with Gasteiger partial charge in [-0.2, -0.15) is 0 Å². The van der Waals surface area contributed by atoms with Gasteiger partial charge in [0.1, 0.15) is 0 Å². The minimum atomic E-state index is 0.0118. The van der Waals surface area contributed by atoms with Gasteiger partial charge in [0.15, 0.2) is 0 Å². The lowest BCUT2D eigenvalue weighted by Crippen LogP contribution is -2.15. The number of thioether (sulfide) groups is 1. The molecule has 2 aromatic carbocycles. The van der Waals surface area contributed by atoms with Crippen LogP contribution in [-0.2, 0) is 17.6 Å². The standard InChI is InChI=1S/C22H21ClN2OS/c1-14-6-2-4-8-18(14)25-21(26)13-27-22-16-7-3-5-9-19(16)24-20-12-15(23)10-11-17(20)22/h2,4,6,8,10-12H,3,5,7,9,13H2,1H3,(H,25,26). The van der Waals surface area contributed by atoms with E-state index in [-0.39, 0.29) is 5.91 Å². The molecule has 138 valence electrons. The molecule has 0 radical (unpaired) electrons. The van der Waals surface area contributed by atoms with Crippen molar-refractivity contribution in [2.75, 3.05) is 11.1 Å². The number of pyridine rings is 1. The van der Waals surface area contributed by atoms with Crippen molar-refractivity contribution in [1.29, 1.82) is 0 Å². The molecule has 5 heteroatoms. The third-order valence-electron chi connectivity index (χ3n) is 4.94. The van der Waals surface area contributed by atoms with Crippen molar-refractivity contribution >= 4 is 45.9 Å². The van der Waals surface area contributed by atoms with E-state index in [0.717, 1.165) is 40.7 Å². The van der Waals surface area contributed by atoms with E-state index in [4.69, 9.17) is 16.6 Å². The first-order valence-electron chi connectivity index (χ1n) is 9.21. The van der Waals surface area contributed by atoms with Crippen LogP contribution in [0.3, 0.4) is 0 Å². The number of anilines is 1. The summed E-state index contributed by atoms with van der Waals surface area (Å²) in [6, 6.07) is 13.7. The van der Waals surface area contributed by atoms with E-state index in [1.165, 1.54) is 23.3 Å². The molecule has 0 aliphatic heterocycles. The second-order valence-corrected chi connectivity index (χ2v) is 8.31. The van der Waals surface area contributed by atoms with Gasteiger partial charge in [0.05, 0.1) is 11.3 Å². The smallest absolute Gasteiger partial charge is 0.234 e. The van der Waals surface area contributed by atoms with E-state index in [0.29, 0.717) is 10.8 Å². The minimum Gasteiger partial charge on any atom is -0.325 e. The molecule has 0 atom stereocenters. The van der Waals surface area contributed by atoms with Gasteiger partial charge in [0.25, 0.3) is 0 Å². The Morgan fingerprint density at radius 2 is 2.00 bits per heavy atom. The van der Waals surface area contributed by atoms with Crippen molar-refractivity contribution in [1.82, 2.24) is 4.98 Å². The number of carbonyl (C=O) groups is 1. The van der Waals surface area contributed by atoms with Crippen molar-refractivity contribution in [3.63, 3.8) is 0 Å². The Morgan fingerprint density at radius 3 is 2.85 bits per heavy atom. The number of fused-ring (bicyclic) bond motifs is 2. The lowest BCUT2D eigenvalue weighted by molar-refractivity contribution is -0.113. The zero-order valence-corrected chi connectivity index (χ0v) is 16.8. The number of halogens is 1. The first-order chi connectivity index (χ1) is 13.1. The quantitative estimate of drug-likeness (QED) is 0.566. The number of para-hydroxylation sites is 1. The summed E-state index contributed by atoms with van der Waals surface area (Å²) >= 11 is 7.78. The molecule has 3 nitrogen and oxygen atoms in total. The molecule has 0 fully saturated rings. The summed E-state index contributed by atoms with van der Waals surface area (Å²) in [7, 11) is 0. The average molecular weight is 397 g/mol. The van der Waals surface area contributed by atoms with Gasteiger partial charge in [-0.15, -0.1) is 11.8 Å². The van der Waals surface area contributed by atoms with Gasteiger partial charge in [0, 0.05) is 26.7 Å². The molecule has 27 heavy (non-hydrogen) atoms. The normalized spacial score (nSPS) is 13.4. The molecular formula is C22H21ClN2OS. The fraction of sp³-hybridized carbons (Fsp3) is 0.273. The van der Waals surface area contributed by atoms with E-state index in [9.17, 15) is 4.79 Å². The highest BCUT2D eigenvalue weighted by molar-refractivity contribution is 8.00. The van der Waals surface area contributed by atoms with Gasteiger partial charge in [-0.05, 0) is 61.9 Å². The first-order valence-corrected chi connectivity index (χ1v) is 10.6. The predicted octanol–water partition coefficient (Wildman–Crippen LogP) is 5.81. The minimum absolute atomic E-state index is 0.0118. The van der Waals surface area contributed by atoms with E-state index in [2.05, 4.69) is 5.32 Å². The van der Waals surface area contributed by atoms with E-state index in [1.54, 1.807) is 11.8 Å². The van der Waals surface area contributed by atoms with Crippen molar-refractivity contribution in [2.24, 2.45) is 0 Å². The number of rotatable bonds is 4. The van der Waals surface area contributed by atoms with E-state index < -0.39 is 0 Å². The van der Waals surface area contributed by atoms with Crippen molar-refractivity contribution in [2.45, 2.75) is 37.5 Å². The Hall–Kier alpha value is -2.04. The number of carbonyl (C=O) groups excluding carboxylic acids is 1. The lowest BCUT2D eigenvalue weighted by Gasteiger charge is -2.20. The molecule has 1 heterocycles. The molecule has 3 aromatic rings. The second kappa shape index (κ2) is 7.91. The van der Waals surface area contributed by atoms with Gasteiger partial charge in [-0.1, -0.05) is 35.9 Å². The zero-order valence-electron chi connectivity index (χ0n) is 15.2. The van der Waals surface area contributed by atoms with Gasteiger partial charge >= 0.3 is 0 Å². The molecule has 0 saturated heterocycles. The Bertz CT molecular complexity index is 1020. The molecule has 1 aromatic heterocycles. The molecule has 0 bridgehead atoms. The molecule has 1 N–H and O–H groups in total. The van der Waals surface area contributed by atoms with Crippen molar-refractivity contribution in [3.8, 4) is 0 Å². The van der Waals surface area contributed by atoms with Gasteiger partial charge in [-0.25, -0.2) is 0 Å². The van der Waals surface area contributed by atoms with E-state index >= 15 is 0 Å². The molecule has 0 saturated carbocycles. The van der Waals surface area contributed by atoms with Crippen molar-refractivity contribution < 1.29 is 4.79 Å². The zero-order chi connectivity index (χ0) is 18.8. The number of benzene rings is 2. The van der Waals surface area contributed by atoms with Crippen LogP contribution in [-0.4, -0.2) is 16.6 Å². The predicted molar refractivity (Wildman–Crippen MR) is 114 cm³/mol. The summed E-state index contributed by atoms with van der Waals surface area (Å²) in [5.74, 6) is 0.389. The van der Waals surface area contributed by atoms with Crippen LogP contribution in [0.2, 0.25) is 5.02 Å². The van der Waals surface area contributed by atoms with Crippen LogP contribution in [0.25, 0.3) is 10.9 Å². The molecule has 0 spiro atoms. The Morgan fingerprint density at radius 1 is 1.19 bits per heavy atom. The summed E-state index contributed by atoms with van der Waals surface area (Å²) in [5, 5.41) is 4.81. The summed E-state index contributed by atoms with van der Waals surface area (Å²) in [6.07, 6.45) is 4.38. The van der Waals surface area contributed by atoms with Crippen LogP contribution < -0.4 is 5.32 Å². The summed E-state index contributed by atoms with van der Waals surface area (Å²) in [6.45, 7) is 2.00. The number of hydrogen-bond donors (Lipinski definition) is 1. The second-order valence-electron chi connectivity index (χ2n) is 6.89. The summed E-state index contributed by atoms with van der Waals surface area (Å²) in [5.41, 5.74) is 5.33. The third-order valence-corrected chi connectivity index (χ3v) is 6.34. The van der Waals surface area contributed by atoms with Gasteiger partial charge in [-0.3, -0.25) is 9.78 Å². The van der Waals surface area contributed by atoms with Crippen LogP contribution in [0.15, 0.2) is 47.4 Å². The maximum absolute atomic E-state index is 12.5. The number of aryl methyl sites for hydroxylation is 2. The monoisotopic (exact) mass is 396 g/mol.